The zero-order chi connectivity index (χ0) is 20.5. The van der Waals surface area contributed by atoms with E-state index < -0.39 is 12.2 Å². The van der Waals surface area contributed by atoms with Gasteiger partial charge in [-0.05, 0) is 28.7 Å². The van der Waals surface area contributed by atoms with Crippen LogP contribution < -0.4 is 0 Å². The van der Waals surface area contributed by atoms with Gasteiger partial charge in [-0.3, -0.25) is 0 Å². The van der Waals surface area contributed by atoms with Gasteiger partial charge in [0.1, 0.15) is 6.61 Å². The molecule has 1 atom stereocenters. The standard InChI is InChI=1S/C25H27NO3/c1-2-20-13-15-23(16-14-20)24(27)18-26(17-21-9-5-3-6-10-21)25(28)29-19-22-11-7-4-8-12-22/h3-16,24,27H,2,17-19H2,1H3. The third-order valence-corrected chi connectivity index (χ3v) is 4.85. The van der Waals surface area contributed by atoms with Crippen molar-refractivity contribution in [1.82, 2.24) is 4.90 Å². The number of ether oxygens (including phenoxy) is 1. The normalized spacial score (nSPS) is 11.7. The number of hydrogen-bond acceptors (Lipinski definition) is 3. The van der Waals surface area contributed by atoms with Crippen molar-refractivity contribution in [3.63, 3.8) is 0 Å². The second-order valence-corrected chi connectivity index (χ2v) is 7.02. The summed E-state index contributed by atoms with van der Waals surface area (Å²) in [5, 5.41) is 10.7. The molecule has 0 radical (unpaired) electrons. The highest BCUT2D eigenvalue weighted by Gasteiger charge is 2.20. The Bertz CT molecular complexity index is 879. The van der Waals surface area contributed by atoms with Crippen molar-refractivity contribution < 1.29 is 14.6 Å². The van der Waals surface area contributed by atoms with Gasteiger partial charge in [-0.1, -0.05) is 91.9 Å². The smallest absolute Gasteiger partial charge is 0.410 e. The minimum absolute atomic E-state index is 0.161. The Hall–Kier alpha value is -3.11. The fourth-order valence-electron chi connectivity index (χ4n) is 3.11. The van der Waals surface area contributed by atoms with Crippen LogP contribution in [0.3, 0.4) is 0 Å². The van der Waals surface area contributed by atoms with Crippen LogP contribution in [-0.2, 0) is 24.3 Å². The lowest BCUT2D eigenvalue weighted by molar-refractivity contribution is 0.0657. The molecule has 1 unspecified atom stereocenters. The predicted molar refractivity (Wildman–Crippen MR) is 114 cm³/mol. The molecule has 29 heavy (non-hydrogen) atoms. The van der Waals surface area contributed by atoms with Crippen LogP contribution in [0.4, 0.5) is 4.79 Å². The number of rotatable bonds is 8. The minimum Gasteiger partial charge on any atom is -0.445 e. The molecule has 0 aromatic heterocycles. The number of carbonyl (C=O) groups excluding carboxylic acids is 1. The van der Waals surface area contributed by atoms with Crippen LogP contribution in [0.1, 0.15) is 35.3 Å². The first-order chi connectivity index (χ1) is 14.2. The van der Waals surface area contributed by atoms with E-state index in [1.165, 1.54) is 5.56 Å². The molecule has 0 saturated heterocycles. The Kier molecular flexibility index (Phi) is 7.42. The van der Waals surface area contributed by atoms with Crippen LogP contribution in [-0.4, -0.2) is 22.6 Å². The summed E-state index contributed by atoms with van der Waals surface area (Å²) in [7, 11) is 0. The van der Waals surface area contributed by atoms with Crippen molar-refractivity contribution in [2.75, 3.05) is 6.54 Å². The molecule has 0 fully saturated rings. The highest BCUT2D eigenvalue weighted by atomic mass is 16.6. The number of aliphatic hydroxyl groups is 1. The number of aryl methyl sites for hydroxylation is 1. The summed E-state index contributed by atoms with van der Waals surface area (Å²) < 4.78 is 5.51. The molecule has 1 N–H and O–H groups in total. The van der Waals surface area contributed by atoms with Gasteiger partial charge in [0, 0.05) is 6.54 Å². The van der Waals surface area contributed by atoms with E-state index in [2.05, 4.69) is 6.92 Å². The Balaban J connectivity index is 1.69. The molecule has 3 aromatic rings. The van der Waals surface area contributed by atoms with Gasteiger partial charge in [-0.15, -0.1) is 0 Å². The zero-order valence-corrected chi connectivity index (χ0v) is 16.7. The average Bonchev–Trinajstić information content (AvgIpc) is 2.78. The van der Waals surface area contributed by atoms with Crippen molar-refractivity contribution >= 4 is 6.09 Å². The molecule has 0 bridgehead atoms. The van der Waals surface area contributed by atoms with E-state index in [4.69, 9.17) is 4.74 Å². The summed E-state index contributed by atoms with van der Waals surface area (Å²) >= 11 is 0. The maximum absolute atomic E-state index is 12.8. The molecule has 0 heterocycles. The van der Waals surface area contributed by atoms with Gasteiger partial charge in [0.25, 0.3) is 0 Å². The fraction of sp³-hybridized carbons (Fsp3) is 0.240. The summed E-state index contributed by atoms with van der Waals surface area (Å²) in [6.07, 6.45) is -0.279. The van der Waals surface area contributed by atoms with E-state index in [-0.39, 0.29) is 13.2 Å². The summed E-state index contributed by atoms with van der Waals surface area (Å²) in [6, 6.07) is 27.1. The molecule has 3 aromatic carbocycles. The van der Waals surface area contributed by atoms with E-state index in [1.54, 1.807) is 4.90 Å². The molecule has 0 aliphatic rings. The first kappa shape index (κ1) is 20.6. The maximum atomic E-state index is 12.8. The average molecular weight is 389 g/mol. The first-order valence-electron chi connectivity index (χ1n) is 9.92. The number of nitrogens with zero attached hydrogens (tertiary/aromatic N) is 1. The second kappa shape index (κ2) is 10.4. The summed E-state index contributed by atoms with van der Waals surface area (Å²) in [4.78, 5) is 14.3. The van der Waals surface area contributed by atoms with Crippen LogP contribution >= 0.6 is 0 Å². The first-order valence-corrected chi connectivity index (χ1v) is 9.92. The Morgan fingerprint density at radius 1 is 0.862 bits per heavy atom. The number of benzene rings is 3. The summed E-state index contributed by atoms with van der Waals surface area (Å²) in [5.41, 5.74) is 3.91. The topological polar surface area (TPSA) is 49.8 Å². The third kappa shape index (κ3) is 6.19. The number of aliphatic hydroxyl groups excluding tert-OH is 1. The van der Waals surface area contributed by atoms with Gasteiger partial charge in [-0.25, -0.2) is 4.79 Å². The van der Waals surface area contributed by atoms with Crippen LogP contribution in [0.2, 0.25) is 0 Å². The van der Waals surface area contributed by atoms with Gasteiger partial charge in [0.2, 0.25) is 0 Å². The van der Waals surface area contributed by atoms with Gasteiger partial charge >= 0.3 is 6.09 Å². The molecule has 4 nitrogen and oxygen atoms in total. The molecule has 1 amide bonds. The molecule has 0 aliphatic heterocycles. The van der Waals surface area contributed by atoms with Crippen molar-refractivity contribution in [1.29, 1.82) is 0 Å². The van der Waals surface area contributed by atoms with E-state index in [1.807, 2.05) is 84.9 Å². The van der Waals surface area contributed by atoms with Crippen molar-refractivity contribution in [3.8, 4) is 0 Å². The van der Waals surface area contributed by atoms with Gasteiger partial charge in [0.05, 0.1) is 12.6 Å². The quantitative estimate of drug-likeness (QED) is 0.582. The Labute approximate surface area is 172 Å². The lowest BCUT2D eigenvalue weighted by Crippen LogP contribution is -2.34. The SMILES string of the molecule is CCc1ccc(C(O)CN(Cc2ccccc2)C(=O)OCc2ccccc2)cc1. The van der Waals surface area contributed by atoms with Crippen molar-refractivity contribution in [3.05, 3.63) is 107 Å². The second-order valence-electron chi connectivity index (χ2n) is 7.02. The third-order valence-electron chi connectivity index (χ3n) is 4.85. The summed E-state index contributed by atoms with van der Waals surface area (Å²) in [5.74, 6) is 0. The zero-order valence-electron chi connectivity index (χ0n) is 16.7. The van der Waals surface area contributed by atoms with Crippen LogP contribution in [0.15, 0.2) is 84.9 Å². The Morgan fingerprint density at radius 3 is 2.03 bits per heavy atom. The van der Waals surface area contributed by atoms with Gasteiger partial charge in [-0.2, -0.15) is 0 Å². The molecular formula is C25H27NO3. The number of amides is 1. The molecule has 4 heteroatoms. The lowest BCUT2D eigenvalue weighted by atomic mass is 10.1. The van der Waals surface area contributed by atoms with E-state index in [0.29, 0.717) is 6.54 Å². The number of hydrogen-bond donors (Lipinski definition) is 1. The Morgan fingerprint density at radius 2 is 1.45 bits per heavy atom. The lowest BCUT2D eigenvalue weighted by Gasteiger charge is -2.25. The molecular weight excluding hydrogens is 362 g/mol. The van der Waals surface area contributed by atoms with Crippen LogP contribution in [0.25, 0.3) is 0 Å². The van der Waals surface area contributed by atoms with Crippen molar-refractivity contribution in [2.24, 2.45) is 0 Å². The molecule has 3 rings (SSSR count). The summed E-state index contributed by atoms with van der Waals surface area (Å²) in [6.45, 7) is 2.83. The van der Waals surface area contributed by atoms with Crippen LogP contribution in [0.5, 0.6) is 0 Å². The highest BCUT2D eigenvalue weighted by Crippen LogP contribution is 2.18. The predicted octanol–water partition coefficient (Wildman–Crippen LogP) is 5.12. The van der Waals surface area contributed by atoms with E-state index in [0.717, 1.165) is 23.1 Å². The molecule has 0 aliphatic carbocycles. The molecule has 150 valence electrons. The maximum Gasteiger partial charge on any atom is 0.410 e. The van der Waals surface area contributed by atoms with Gasteiger partial charge in [0.15, 0.2) is 0 Å². The largest absolute Gasteiger partial charge is 0.445 e. The van der Waals surface area contributed by atoms with Crippen molar-refractivity contribution in [2.45, 2.75) is 32.6 Å². The molecule has 0 spiro atoms. The molecule has 0 saturated carbocycles. The van der Waals surface area contributed by atoms with E-state index >= 15 is 0 Å². The highest BCUT2D eigenvalue weighted by molar-refractivity contribution is 5.67. The monoisotopic (exact) mass is 389 g/mol. The van der Waals surface area contributed by atoms with Crippen LogP contribution in [0, 0.1) is 0 Å². The minimum atomic E-state index is -0.783. The number of carbonyl (C=O) groups is 1. The van der Waals surface area contributed by atoms with E-state index in [9.17, 15) is 9.90 Å². The fourth-order valence-corrected chi connectivity index (χ4v) is 3.11. The van der Waals surface area contributed by atoms with Gasteiger partial charge < -0.3 is 14.7 Å².